The second kappa shape index (κ2) is 11.6. The van der Waals surface area contributed by atoms with Crippen LogP contribution in [0.15, 0.2) is 194 Å². The van der Waals surface area contributed by atoms with Crippen molar-refractivity contribution < 1.29 is 0 Å². The quantitative estimate of drug-likeness (QED) is 0.187. The standard InChI is InChI=1S/C54H38N2/c1-53-46(43-23-10-12-24-47(43)54(53,38-17-4-2-5-18-38)39-19-6-3-7-20-39)30-29-42-44-33-36(27-31-48(44)55-52(42)53)37-28-32-51-45(34-37)41-22-11-13-25-50(41)56(51)49-26-14-16-35-15-8-9-21-40(35)49/h2-34,46,55H,1H3. The molecular weight excluding hydrogens is 677 g/mol. The molecule has 2 unspecified atom stereocenters. The molecule has 10 aromatic rings. The fourth-order valence-electron chi connectivity index (χ4n) is 11.0. The first-order valence-electron chi connectivity index (χ1n) is 19.7. The molecule has 56 heavy (non-hydrogen) atoms. The third-order valence-corrected chi connectivity index (χ3v) is 13.3. The zero-order valence-electron chi connectivity index (χ0n) is 31.1. The highest BCUT2D eigenvalue weighted by atomic mass is 15.0. The summed E-state index contributed by atoms with van der Waals surface area (Å²) in [5, 5.41) is 6.28. The summed E-state index contributed by atoms with van der Waals surface area (Å²) in [6.07, 6.45) is 4.89. The summed E-state index contributed by atoms with van der Waals surface area (Å²) >= 11 is 0. The Morgan fingerprint density at radius 3 is 1.95 bits per heavy atom. The number of rotatable bonds is 4. The van der Waals surface area contributed by atoms with E-state index in [-0.39, 0.29) is 11.3 Å². The Hall–Kier alpha value is -6.90. The molecule has 264 valence electrons. The fourth-order valence-corrected chi connectivity index (χ4v) is 11.0. The van der Waals surface area contributed by atoms with Crippen LogP contribution in [0.25, 0.3) is 66.4 Å². The van der Waals surface area contributed by atoms with E-state index in [4.69, 9.17) is 0 Å². The third kappa shape index (κ3) is 4.00. The van der Waals surface area contributed by atoms with E-state index in [1.807, 2.05) is 0 Å². The van der Waals surface area contributed by atoms with Gasteiger partial charge in [0.05, 0.1) is 22.1 Å². The van der Waals surface area contributed by atoms with Gasteiger partial charge in [-0.2, -0.15) is 0 Å². The van der Waals surface area contributed by atoms with E-state index in [1.165, 1.54) is 93.8 Å². The van der Waals surface area contributed by atoms with Gasteiger partial charge in [-0.05, 0) is 75.2 Å². The van der Waals surface area contributed by atoms with Crippen LogP contribution in [0.4, 0.5) is 0 Å². The minimum Gasteiger partial charge on any atom is -0.357 e. The van der Waals surface area contributed by atoms with E-state index in [9.17, 15) is 0 Å². The van der Waals surface area contributed by atoms with Crippen molar-refractivity contribution in [2.75, 3.05) is 0 Å². The lowest BCUT2D eigenvalue weighted by Crippen LogP contribution is -2.48. The number of aromatic amines is 1. The molecule has 2 aliphatic carbocycles. The summed E-state index contributed by atoms with van der Waals surface area (Å²) < 4.78 is 2.44. The average molecular weight is 715 g/mol. The summed E-state index contributed by atoms with van der Waals surface area (Å²) in [4.78, 5) is 4.07. The Bertz CT molecular complexity index is 3170. The van der Waals surface area contributed by atoms with Crippen LogP contribution in [0.1, 0.15) is 46.4 Å². The van der Waals surface area contributed by atoms with Crippen LogP contribution in [-0.2, 0) is 10.8 Å². The van der Waals surface area contributed by atoms with Gasteiger partial charge >= 0.3 is 0 Å². The number of nitrogens with one attached hydrogen (secondary N) is 1. The molecule has 1 N–H and O–H groups in total. The van der Waals surface area contributed by atoms with Crippen molar-refractivity contribution in [2.24, 2.45) is 0 Å². The van der Waals surface area contributed by atoms with Crippen LogP contribution in [0, 0.1) is 0 Å². The van der Waals surface area contributed by atoms with Crippen molar-refractivity contribution in [3.63, 3.8) is 0 Å². The second-order valence-electron chi connectivity index (χ2n) is 15.9. The zero-order chi connectivity index (χ0) is 37.0. The Kier molecular flexibility index (Phi) is 6.49. The molecular formula is C54H38N2. The molecule has 2 nitrogen and oxygen atoms in total. The van der Waals surface area contributed by atoms with Gasteiger partial charge in [-0.3, -0.25) is 0 Å². The van der Waals surface area contributed by atoms with Crippen molar-refractivity contribution in [1.82, 2.24) is 9.55 Å². The monoisotopic (exact) mass is 714 g/mol. The van der Waals surface area contributed by atoms with Crippen molar-refractivity contribution in [3.05, 3.63) is 228 Å². The summed E-state index contributed by atoms with van der Waals surface area (Å²) in [5.41, 5.74) is 14.5. The predicted octanol–water partition coefficient (Wildman–Crippen LogP) is 13.5. The maximum absolute atomic E-state index is 4.07. The number of H-pyrrole nitrogens is 1. The van der Waals surface area contributed by atoms with Crippen molar-refractivity contribution in [2.45, 2.75) is 23.7 Å². The van der Waals surface area contributed by atoms with Crippen LogP contribution in [-0.4, -0.2) is 9.55 Å². The third-order valence-electron chi connectivity index (χ3n) is 13.3. The summed E-state index contributed by atoms with van der Waals surface area (Å²) in [7, 11) is 0. The molecule has 0 saturated heterocycles. The molecule has 2 aliphatic rings. The molecule has 0 bridgehead atoms. The van der Waals surface area contributed by atoms with E-state index in [0.29, 0.717) is 0 Å². The second-order valence-corrected chi connectivity index (χ2v) is 15.9. The molecule has 0 aliphatic heterocycles. The van der Waals surface area contributed by atoms with Gasteiger partial charge in [0.2, 0.25) is 0 Å². The van der Waals surface area contributed by atoms with Gasteiger partial charge < -0.3 is 9.55 Å². The number of benzene rings is 8. The molecule has 0 spiro atoms. The molecule has 0 radical (unpaired) electrons. The van der Waals surface area contributed by atoms with Crippen molar-refractivity contribution in [3.8, 4) is 16.8 Å². The number of nitrogens with zero attached hydrogens (tertiary/aromatic N) is 1. The van der Waals surface area contributed by atoms with Gasteiger partial charge in [0.25, 0.3) is 0 Å². The predicted molar refractivity (Wildman–Crippen MR) is 234 cm³/mol. The first-order valence-corrected chi connectivity index (χ1v) is 19.7. The maximum Gasteiger partial charge on any atom is 0.0571 e. The van der Waals surface area contributed by atoms with Gasteiger partial charge in [0.15, 0.2) is 0 Å². The van der Waals surface area contributed by atoms with Crippen LogP contribution >= 0.6 is 0 Å². The average Bonchev–Trinajstić information content (AvgIpc) is 3.88. The van der Waals surface area contributed by atoms with Crippen LogP contribution in [0.3, 0.4) is 0 Å². The molecule has 0 fully saturated rings. The Balaban J connectivity index is 1.06. The van der Waals surface area contributed by atoms with E-state index in [2.05, 4.69) is 217 Å². The number of aromatic nitrogens is 2. The highest BCUT2D eigenvalue weighted by molar-refractivity contribution is 6.12. The molecule has 2 atom stereocenters. The number of hydrogen-bond acceptors (Lipinski definition) is 0. The Morgan fingerprint density at radius 1 is 0.518 bits per heavy atom. The van der Waals surface area contributed by atoms with Crippen molar-refractivity contribution in [1.29, 1.82) is 0 Å². The van der Waals surface area contributed by atoms with E-state index in [1.54, 1.807) is 0 Å². The molecule has 0 saturated carbocycles. The molecule has 8 aromatic carbocycles. The molecule has 2 heteroatoms. The molecule has 2 heterocycles. The fraction of sp³-hybridized carbons (Fsp3) is 0.0741. The summed E-state index contributed by atoms with van der Waals surface area (Å²) in [6, 6.07) is 69.8. The van der Waals surface area contributed by atoms with Crippen LogP contribution < -0.4 is 0 Å². The summed E-state index contributed by atoms with van der Waals surface area (Å²) in [5.74, 6) is 0.195. The van der Waals surface area contributed by atoms with Gasteiger partial charge in [0.1, 0.15) is 0 Å². The van der Waals surface area contributed by atoms with Gasteiger partial charge in [0, 0.05) is 49.7 Å². The number of para-hydroxylation sites is 1. The SMILES string of the molecule is CC12c3[nH]c4ccc(-c5ccc6c(c5)c5ccccc5n6-c5cccc6ccccc56)cc4c3C=CC1c1ccccc1C2(c1ccccc1)c1ccccc1. The largest absolute Gasteiger partial charge is 0.357 e. The maximum atomic E-state index is 4.07. The summed E-state index contributed by atoms with van der Waals surface area (Å²) in [6.45, 7) is 2.51. The van der Waals surface area contributed by atoms with Gasteiger partial charge in [-0.1, -0.05) is 171 Å². The van der Waals surface area contributed by atoms with E-state index in [0.717, 1.165) is 0 Å². The minimum atomic E-state index is -0.413. The number of hydrogen-bond donors (Lipinski definition) is 1. The number of fused-ring (bicyclic) bond motifs is 11. The zero-order valence-corrected chi connectivity index (χ0v) is 31.1. The lowest BCUT2D eigenvalue weighted by molar-refractivity contribution is 0.321. The molecule has 12 rings (SSSR count). The van der Waals surface area contributed by atoms with Gasteiger partial charge in [-0.15, -0.1) is 0 Å². The lowest BCUT2D eigenvalue weighted by Gasteiger charge is -2.49. The topological polar surface area (TPSA) is 20.7 Å². The number of allylic oxidation sites excluding steroid dienone is 1. The van der Waals surface area contributed by atoms with Gasteiger partial charge in [-0.25, -0.2) is 0 Å². The highest BCUT2D eigenvalue weighted by Gasteiger charge is 2.63. The first-order chi connectivity index (χ1) is 27.7. The molecule has 0 amide bonds. The Labute approximate surface area is 326 Å². The van der Waals surface area contributed by atoms with Crippen LogP contribution in [0.5, 0.6) is 0 Å². The normalized spacial score (nSPS) is 18.1. The highest BCUT2D eigenvalue weighted by Crippen LogP contribution is 2.67. The van der Waals surface area contributed by atoms with Crippen LogP contribution in [0.2, 0.25) is 0 Å². The van der Waals surface area contributed by atoms with E-state index >= 15 is 0 Å². The van der Waals surface area contributed by atoms with E-state index < -0.39 is 5.41 Å². The Morgan fingerprint density at radius 2 is 1.14 bits per heavy atom. The molecule has 2 aromatic heterocycles. The minimum absolute atomic E-state index is 0.195. The van der Waals surface area contributed by atoms with Crippen molar-refractivity contribution >= 4 is 49.6 Å². The lowest BCUT2D eigenvalue weighted by atomic mass is 9.53. The smallest absolute Gasteiger partial charge is 0.0571 e. The first kappa shape index (κ1) is 31.5.